The van der Waals surface area contributed by atoms with Gasteiger partial charge in [0.15, 0.2) is 0 Å². The SMILES string of the molecule is Cc1ccc([C@H]2CC(=O)Nc3c2sc(C(=O)O)c3-c2ccc(F)cc2)cc1C. The van der Waals surface area contributed by atoms with E-state index in [0.717, 1.165) is 21.6 Å². The van der Waals surface area contributed by atoms with Crippen LogP contribution in [0.2, 0.25) is 0 Å². The van der Waals surface area contributed by atoms with E-state index in [1.54, 1.807) is 0 Å². The van der Waals surface area contributed by atoms with Gasteiger partial charge in [-0.3, -0.25) is 4.79 Å². The molecule has 3 aromatic rings. The minimum atomic E-state index is -1.06. The zero-order valence-electron chi connectivity index (χ0n) is 15.4. The van der Waals surface area contributed by atoms with Crippen LogP contribution in [0.3, 0.4) is 0 Å². The van der Waals surface area contributed by atoms with Gasteiger partial charge in [-0.1, -0.05) is 30.3 Å². The van der Waals surface area contributed by atoms with Crippen molar-refractivity contribution in [1.29, 1.82) is 0 Å². The summed E-state index contributed by atoms with van der Waals surface area (Å²) in [6.07, 6.45) is 0.262. The van der Waals surface area contributed by atoms with Crippen molar-refractivity contribution in [2.75, 3.05) is 5.32 Å². The Hall–Kier alpha value is -2.99. The number of amides is 1. The molecule has 4 nitrogen and oxygen atoms in total. The first-order valence-corrected chi connectivity index (χ1v) is 9.69. The Morgan fingerprint density at radius 2 is 1.86 bits per heavy atom. The molecule has 4 rings (SSSR count). The van der Waals surface area contributed by atoms with Crippen molar-refractivity contribution in [3.63, 3.8) is 0 Å². The average Bonchev–Trinajstić information content (AvgIpc) is 3.03. The normalized spacial score (nSPS) is 15.8. The monoisotopic (exact) mass is 395 g/mol. The predicted octanol–water partition coefficient (Wildman–Crippen LogP) is 5.34. The highest BCUT2D eigenvalue weighted by molar-refractivity contribution is 7.15. The fourth-order valence-corrected chi connectivity index (χ4v) is 4.83. The quantitative estimate of drug-likeness (QED) is 0.629. The summed E-state index contributed by atoms with van der Waals surface area (Å²) in [5.74, 6) is -1.83. The maximum absolute atomic E-state index is 13.4. The molecule has 1 aromatic heterocycles. The zero-order chi connectivity index (χ0) is 20.0. The Labute approximate surface area is 165 Å². The first-order valence-electron chi connectivity index (χ1n) is 8.88. The Balaban J connectivity index is 1.93. The van der Waals surface area contributed by atoms with Crippen LogP contribution in [0, 0.1) is 19.7 Å². The van der Waals surface area contributed by atoms with E-state index in [-0.39, 0.29) is 23.1 Å². The van der Waals surface area contributed by atoms with Gasteiger partial charge in [0.2, 0.25) is 5.91 Å². The number of carboxylic acid groups (broad SMARTS) is 1. The van der Waals surface area contributed by atoms with Crippen molar-refractivity contribution in [2.45, 2.75) is 26.2 Å². The first-order chi connectivity index (χ1) is 13.3. The molecule has 0 saturated heterocycles. The summed E-state index contributed by atoms with van der Waals surface area (Å²) in [7, 11) is 0. The standard InChI is InChI=1S/C22H18FNO3S/c1-11-3-4-14(9-12(11)2)16-10-17(25)24-19-18(13-5-7-15(23)8-6-13)21(22(26)27)28-20(16)19/h3-9,16H,10H2,1-2H3,(H,24,25)(H,26,27)/t16-/m1/s1. The van der Waals surface area contributed by atoms with Crippen LogP contribution in [-0.4, -0.2) is 17.0 Å². The Bertz CT molecular complexity index is 1100. The van der Waals surface area contributed by atoms with Crippen LogP contribution in [0.1, 0.15) is 43.6 Å². The lowest BCUT2D eigenvalue weighted by Gasteiger charge is -2.24. The molecule has 28 heavy (non-hydrogen) atoms. The summed E-state index contributed by atoms with van der Waals surface area (Å²) in [5, 5.41) is 12.6. The van der Waals surface area contributed by atoms with Gasteiger partial charge in [-0.2, -0.15) is 0 Å². The fraction of sp³-hybridized carbons (Fsp3) is 0.182. The lowest BCUT2D eigenvalue weighted by molar-refractivity contribution is -0.116. The van der Waals surface area contributed by atoms with E-state index in [4.69, 9.17) is 0 Å². The molecule has 0 radical (unpaired) electrons. The largest absolute Gasteiger partial charge is 0.477 e. The molecule has 0 fully saturated rings. The average molecular weight is 395 g/mol. The number of thiophene rings is 1. The lowest BCUT2D eigenvalue weighted by Crippen LogP contribution is -2.22. The summed E-state index contributed by atoms with van der Waals surface area (Å²) in [6.45, 7) is 4.04. The summed E-state index contributed by atoms with van der Waals surface area (Å²) >= 11 is 1.18. The maximum atomic E-state index is 13.4. The van der Waals surface area contributed by atoms with Crippen molar-refractivity contribution >= 4 is 28.9 Å². The summed E-state index contributed by atoms with van der Waals surface area (Å²) in [6, 6.07) is 11.7. The number of carboxylic acids is 1. The molecular formula is C22H18FNO3S. The van der Waals surface area contributed by atoms with Gasteiger partial charge in [-0.25, -0.2) is 9.18 Å². The van der Waals surface area contributed by atoms with Crippen LogP contribution >= 0.6 is 11.3 Å². The highest BCUT2D eigenvalue weighted by Gasteiger charge is 2.34. The number of rotatable bonds is 3. The molecular weight excluding hydrogens is 377 g/mol. The van der Waals surface area contributed by atoms with Crippen LogP contribution in [0.4, 0.5) is 10.1 Å². The molecule has 2 aromatic carbocycles. The molecule has 0 bridgehead atoms. The number of aryl methyl sites for hydroxylation is 2. The highest BCUT2D eigenvalue weighted by Crippen LogP contribution is 2.49. The second-order valence-corrected chi connectivity index (χ2v) is 8.06. The minimum absolute atomic E-state index is 0.146. The van der Waals surface area contributed by atoms with Gasteiger partial charge in [-0.05, 0) is 48.2 Å². The summed E-state index contributed by atoms with van der Waals surface area (Å²) < 4.78 is 13.4. The molecule has 1 amide bonds. The van der Waals surface area contributed by atoms with Crippen LogP contribution in [0.5, 0.6) is 0 Å². The number of fused-ring (bicyclic) bond motifs is 1. The fourth-order valence-electron chi connectivity index (χ4n) is 3.58. The molecule has 0 unspecified atom stereocenters. The van der Waals surface area contributed by atoms with E-state index >= 15 is 0 Å². The van der Waals surface area contributed by atoms with Gasteiger partial charge in [0.1, 0.15) is 10.7 Å². The smallest absolute Gasteiger partial charge is 0.346 e. The predicted molar refractivity (Wildman–Crippen MR) is 108 cm³/mol. The summed E-state index contributed by atoms with van der Waals surface area (Å²) in [4.78, 5) is 25.4. The first kappa shape index (κ1) is 18.4. The number of nitrogens with one attached hydrogen (secondary N) is 1. The number of carbonyl (C=O) groups is 2. The van der Waals surface area contributed by atoms with Crippen LogP contribution in [0.25, 0.3) is 11.1 Å². The number of hydrogen-bond donors (Lipinski definition) is 2. The van der Waals surface area contributed by atoms with Gasteiger partial charge in [0.25, 0.3) is 0 Å². The molecule has 1 aliphatic rings. The van der Waals surface area contributed by atoms with E-state index in [1.165, 1.54) is 35.6 Å². The second-order valence-electron chi connectivity index (χ2n) is 7.01. The molecule has 142 valence electrons. The summed E-state index contributed by atoms with van der Waals surface area (Å²) in [5.41, 5.74) is 4.80. The lowest BCUT2D eigenvalue weighted by atomic mass is 9.87. The van der Waals surface area contributed by atoms with E-state index in [9.17, 15) is 19.1 Å². The van der Waals surface area contributed by atoms with E-state index in [1.807, 2.05) is 26.0 Å². The molecule has 1 aliphatic heterocycles. The number of anilines is 1. The van der Waals surface area contributed by atoms with Crippen molar-refractivity contribution in [3.8, 4) is 11.1 Å². The van der Waals surface area contributed by atoms with Crippen molar-refractivity contribution in [1.82, 2.24) is 0 Å². The van der Waals surface area contributed by atoms with E-state index in [0.29, 0.717) is 16.8 Å². The third kappa shape index (κ3) is 3.10. The van der Waals surface area contributed by atoms with Gasteiger partial charge < -0.3 is 10.4 Å². The van der Waals surface area contributed by atoms with Gasteiger partial charge in [0, 0.05) is 22.8 Å². The molecule has 0 spiro atoms. The number of aromatic carboxylic acids is 1. The van der Waals surface area contributed by atoms with Gasteiger partial charge in [0.05, 0.1) is 5.69 Å². The van der Waals surface area contributed by atoms with Gasteiger partial charge >= 0.3 is 5.97 Å². The molecule has 2 heterocycles. The molecule has 0 saturated carbocycles. The van der Waals surface area contributed by atoms with E-state index in [2.05, 4.69) is 11.4 Å². The number of hydrogen-bond acceptors (Lipinski definition) is 3. The van der Waals surface area contributed by atoms with Gasteiger partial charge in [-0.15, -0.1) is 11.3 Å². The van der Waals surface area contributed by atoms with Crippen LogP contribution in [0.15, 0.2) is 42.5 Å². The molecule has 0 aliphatic carbocycles. The third-order valence-corrected chi connectivity index (χ3v) is 6.46. The minimum Gasteiger partial charge on any atom is -0.477 e. The van der Waals surface area contributed by atoms with Crippen molar-refractivity contribution in [3.05, 3.63) is 74.7 Å². The topological polar surface area (TPSA) is 66.4 Å². The number of halogens is 1. The number of benzene rings is 2. The van der Waals surface area contributed by atoms with Crippen LogP contribution < -0.4 is 5.32 Å². The molecule has 2 N–H and O–H groups in total. The van der Waals surface area contributed by atoms with Crippen molar-refractivity contribution < 1.29 is 19.1 Å². The second kappa shape index (κ2) is 6.87. The van der Waals surface area contributed by atoms with E-state index < -0.39 is 11.8 Å². The Morgan fingerprint density at radius 3 is 2.50 bits per heavy atom. The third-order valence-electron chi connectivity index (χ3n) is 5.17. The molecule has 1 atom stereocenters. The van der Waals surface area contributed by atoms with Crippen LogP contribution in [-0.2, 0) is 4.79 Å². The number of carbonyl (C=O) groups excluding carboxylic acids is 1. The Kier molecular flexibility index (Phi) is 4.51. The van der Waals surface area contributed by atoms with Crippen molar-refractivity contribution in [2.24, 2.45) is 0 Å². The molecule has 6 heteroatoms. The Morgan fingerprint density at radius 1 is 1.14 bits per heavy atom. The zero-order valence-corrected chi connectivity index (χ0v) is 16.2. The highest BCUT2D eigenvalue weighted by atomic mass is 32.1. The maximum Gasteiger partial charge on any atom is 0.346 e.